The van der Waals surface area contributed by atoms with Crippen molar-refractivity contribution < 1.29 is 19.4 Å². The topological polar surface area (TPSA) is 75.6 Å². The smallest absolute Gasteiger partial charge is 0.336 e. The lowest BCUT2D eigenvalue weighted by atomic mass is 10.1. The predicted octanol–water partition coefficient (Wildman–Crippen LogP) is 4.26. The van der Waals surface area contributed by atoms with Crippen LogP contribution in [0.1, 0.15) is 26.3 Å². The number of carboxylic acid groups (broad SMARTS) is 1. The molecule has 0 aromatic heterocycles. The summed E-state index contributed by atoms with van der Waals surface area (Å²) in [5, 5.41) is 11.9. The number of carbonyl (C=O) groups excluding carboxylic acids is 1. The summed E-state index contributed by atoms with van der Waals surface area (Å²) >= 11 is 0. The van der Waals surface area contributed by atoms with Crippen LogP contribution in [0, 0.1) is 0 Å². The van der Waals surface area contributed by atoms with Crippen LogP contribution in [0.25, 0.3) is 0 Å². The minimum Gasteiger partial charge on any atom is -0.493 e. The van der Waals surface area contributed by atoms with E-state index in [0.717, 1.165) is 6.42 Å². The number of aromatic carboxylic acids is 1. The van der Waals surface area contributed by atoms with Crippen molar-refractivity contribution in [1.82, 2.24) is 0 Å². The lowest BCUT2D eigenvalue weighted by Crippen LogP contribution is -2.16. The number of amides is 1. The summed E-state index contributed by atoms with van der Waals surface area (Å²) in [5.74, 6) is -0.900. The molecule has 0 radical (unpaired) electrons. The Morgan fingerprint density at radius 3 is 2.11 bits per heavy atom. The van der Waals surface area contributed by atoms with Gasteiger partial charge in [-0.1, -0.05) is 42.5 Å². The third-order valence-electron chi connectivity index (χ3n) is 4.02. The minimum absolute atomic E-state index is 0.0316. The molecule has 3 aromatic carbocycles. The highest BCUT2D eigenvalue weighted by molar-refractivity contribution is 6.10. The first-order chi connectivity index (χ1) is 13.1. The predicted molar refractivity (Wildman–Crippen MR) is 103 cm³/mol. The molecule has 0 aliphatic carbocycles. The fourth-order valence-corrected chi connectivity index (χ4v) is 2.63. The van der Waals surface area contributed by atoms with Gasteiger partial charge < -0.3 is 15.2 Å². The highest BCUT2D eigenvalue weighted by Gasteiger charge is 2.15. The van der Waals surface area contributed by atoms with E-state index >= 15 is 0 Å². The Bertz CT molecular complexity index is 921. The molecule has 0 unspecified atom stereocenters. The highest BCUT2D eigenvalue weighted by Crippen LogP contribution is 2.18. The van der Waals surface area contributed by atoms with Crippen LogP contribution >= 0.6 is 0 Å². The minimum atomic E-state index is -1.14. The number of hydrogen-bond donors (Lipinski definition) is 2. The van der Waals surface area contributed by atoms with E-state index in [1.165, 1.54) is 17.7 Å². The summed E-state index contributed by atoms with van der Waals surface area (Å²) in [7, 11) is 0. The Balaban J connectivity index is 1.57. The van der Waals surface area contributed by atoms with Gasteiger partial charge in [0.05, 0.1) is 17.7 Å². The number of carboxylic acids is 1. The molecule has 1 amide bonds. The van der Waals surface area contributed by atoms with E-state index in [4.69, 9.17) is 4.74 Å². The number of anilines is 1. The number of benzene rings is 3. The molecule has 2 N–H and O–H groups in total. The van der Waals surface area contributed by atoms with Crippen LogP contribution in [-0.2, 0) is 6.42 Å². The summed E-state index contributed by atoms with van der Waals surface area (Å²) in [6.45, 7) is 0.557. The first-order valence-electron chi connectivity index (χ1n) is 8.54. The molecule has 0 heterocycles. The van der Waals surface area contributed by atoms with Crippen molar-refractivity contribution in [2.24, 2.45) is 0 Å². The highest BCUT2D eigenvalue weighted by atomic mass is 16.5. The zero-order chi connectivity index (χ0) is 19.1. The maximum atomic E-state index is 12.3. The van der Waals surface area contributed by atoms with Gasteiger partial charge in [-0.2, -0.15) is 0 Å². The largest absolute Gasteiger partial charge is 0.493 e. The molecule has 0 spiro atoms. The summed E-state index contributed by atoms with van der Waals surface area (Å²) in [6, 6.07) is 23.2. The van der Waals surface area contributed by atoms with Gasteiger partial charge in [-0.3, -0.25) is 4.79 Å². The molecule has 136 valence electrons. The van der Waals surface area contributed by atoms with E-state index < -0.39 is 11.9 Å². The number of hydrogen-bond acceptors (Lipinski definition) is 3. The molecule has 0 aliphatic heterocycles. The van der Waals surface area contributed by atoms with E-state index in [9.17, 15) is 14.7 Å². The summed E-state index contributed by atoms with van der Waals surface area (Å²) in [6.07, 6.45) is 0.811. The maximum absolute atomic E-state index is 12.3. The molecule has 5 heteroatoms. The van der Waals surface area contributed by atoms with Gasteiger partial charge in [0.15, 0.2) is 0 Å². The lowest BCUT2D eigenvalue weighted by Gasteiger charge is -2.09. The molecule has 0 saturated heterocycles. The lowest BCUT2D eigenvalue weighted by molar-refractivity contribution is 0.0692. The number of carbonyl (C=O) groups is 2. The maximum Gasteiger partial charge on any atom is 0.336 e. The van der Waals surface area contributed by atoms with Gasteiger partial charge in [-0.15, -0.1) is 0 Å². The van der Waals surface area contributed by atoms with Crippen LogP contribution in [0.4, 0.5) is 5.69 Å². The number of ether oxygens (including phenoxy) is 1. The number of rotatable bonds is 7. The van der Waals surface area contributed by atoms with Crippen molar-refractivity contribution in [3.63, 3.8) is 0 Å². The zero-order valence-corrected chi connectivity index (χ0v) is 14.6. The van der Waals surface area contributed by atoms with Crippen molar-refractivity contribution in [2.45, 2.75) is 6.42 Å². The fraction of sp³-hybridized carbons (Fsp3) is 0.0909. The van der Waals surface area contributed by atoms with E-state index in [1.807, 2.05) is 18.2 Å². The Morgan fingerprint density at radius 1 is 0.815 bits per heavy atom. The molecule has 0 atom stereocenters. The summed E-state index contributed by atoms with van der Waals surface area (Å²) < 4.78 is 5.71. The van der Waals surface area contributed by atoms with Crippen molar-refractivity contribution >= 4 is 17.6 Å². The first kappa shape index (κ1) is 18.2. The van der Waals surface area contributed by atoms with E-state index in [-0.39, 0.29) is 11.1 Å². The van der Waals surface area contributed by atoms with Gasteiger partial charge in [-0.25, -0.2) is 4.79 Å². The second-order valence-electron chi connectivity index (χ2n) is 5.91. The van der Waals surface area contributed by atoms with Gasteiger partial charge in [0.1, 0.15) is 5.75 Å². The number of nitrogens with one attached hydrogen (secondary N) is 1. The molecule has 3 rings (SSSR count). The van der Waals surface area contributed by atoms with E-state index in [1.54, 1.807) is 36.4 Å². The standard InChI is InChI=1S/C22H19NO4/c24-21(19-8-4-5-9-20(19)22(25)26)23-17-10-12-18(13-11-17)27-15-14-16-6-2-1-3-7-16/h1-13H,14-15H2,(H,23,24)(H,25,26). The monoisotopic (exact) mass is 361 g/mol. The Hall–Kier alpha value is -3.60. The fourth-order valence-electron chi connectivity index (χ4n) is 2.63. The molecule has 0 aliphatic rings. The van der Waals surface area contributed by atoms with Crippen molar-refractivity contribution in [1.29, 1.82) is 0 Å². The normalized spacial score (nSPS) is 10.2. The quantitative estimate of drug-likeness (QED) is 0.659. The molecule has 27 heavy (non-hydrogen) atoms. The molecular weight excluding hydrogens is 342 g/mol. The second-order valence-corrected chi connectivity index (χ2v) is 5.91. The van der Waals surface area contributed by atoms with Crippen LogP contribution in [0.5, 0.6) is 5.75 Å². The van der Waals surface area contributed by atoms with Gasteiger partial charge in [0.25, 0.3) is 5.91 Å². The van der Waals surface area contributed by atoms with Crippen LogP contribution in [0.15, 0.2) is 78.9 Å². The summed E-state index contributed by atoms with van der Waals surface area (Å²) in [5.41, 5.74) is 1.86. The third-order valence-corrected chi connectivity index (χ3v) is 4.02. The van der Waals surface area contributed by atoms with Crippen molar-refractivity contribution in [3.8, 4) is 5.75 Å². The van der Waals surface area contributed by atoms with Gasteiger partial charge in [0.2, 0.25) is 0 Å². The SMILES string of the molecule is O=C(O)c1ccccc1C(=O)Nc1ccc(OCCc2ccccc2)cc1. The van der Waals surface area contributed by atoms with Gasteiger partial charge in [-0.05, 0) is 42.0 Å². The zero-order valence-electron chi connectivity index (χ0n) is 14.6. The molecular formula is C22H19NO4. The van der Waals surface area contributed by atoms with E-state index in [0.29, 0.717) is 18.0 Å². The Morgan fingerprint density at radius 2 is 1.44 bits per heavy atom. The van der Waals surface area contributed by atoms with E-state index in [2.05, 4.69) is 17.4 Å². The van der Waals surface area contributed by atoms with Crippen LogP contribution in [0.3, 0.4) is 0 Å². The van der Waals surface area contributed by atoms with Crippen LogP contribution < -0.4 is 10.1 Å². The molecule has 3 aromatic rings. The summed E-state index contributed by atoms with van der Waals surface area (Å²) in [4.78, 5) is 23.6. The molecule has 0 fully saturated rings. The van der Waals surface area contributed by atoms with Crippen molar-refractivity contribution in [2.75, 3.05) is 11.9 Å². The molecule has 0 bridgehead atoms. The molecule has 0 saturated carbocycles. The second kappa shape index (κ2) is 8.67. The van der Waals surface area contributed by atoms with Crippen LogP contribution in [0.2, 0.25) is 0 Å². The van der Waals surface area contributed by atoms with Crippen molar-refractivity contribution in [3.05, 3.63) is 95.6 Å². The Labute approximate surface area is 157 Å². The van der Waals surface area contributed by atoms with Gasteiger partial charge >= 0.3 is 5.97 Å². The average molecular weight is 361 g/mol. The molecule has 5 nitrogen and oxygen atoms in total. The van der Waals surface area contributed by atoms with Crippen LogP contribution in [-0.4, -0.2) is 23.6 Å². The first-order valence-corrected chi connectivity index (χ1v) is 8.54. The average Bonchev–Trinajstić information content (AvgIpc) is 2.70. The third kappa shape index (κ3) is 4.95. The van der Waals surface area contributed by atoms with Gasteiger partial charge in [0, 0.05) is 12.1 Å². The Kier molecular flexibility index (Phi) is 5.84.